The number of anilines is 4. The molecule has 2 N–H and O–H groups in total. The van der Waals surface area contributed by atoms with Gasteiger partial charge in [-0.2, -0.15) is 0 Å². The zero-order chi connectivity index (χ0) is 18.6. The molecule has 0 atom stereocenters. The van der Waals surface area contributed by atoms with Gasteiger partial charge in [0.15, 0.2) is 5.82 Å². The summed E-state index contributed by atoms with van der Waals surface area (Å²) in [6.07, 6.45) is 4.11. The quantitative estimate of drug-likeness (QED) is 0.713. The van der Waals surface area contributed by atoms with Crippen LogP contribution in [0.4, 0.5) is 23.0 Å². The maximum Gasteiger partial charge on any atom is 0.257 e. The molecule has 0 bridgehead atoms. The third-order valence-electron chi connectivity index (χ3n) is 4.50. The van der Waals surface area contributed by atoms with Gasteiger partial charge in [0.05, 0.1) is 0 Å². The number of carbonyl (C=O) groups excluding carboxylic acids is 1. The molecule has 0 aliphatic carbocycles. The maximum atomic E-state index is 12.4. The van der Waals surface area contributed by atoms with E-state index in [1.807, 2.05) is 12.1 Å². The number of rotatable bonds is 5. The predicted molar refractivity (Wildman–Crippen MR) is 105 cm³/mol. The minimum Gasteiger partial charge on any atom is -0.372 e. The van der Waals surface area contributed by atoms with Crippen molar-refractivity contribution in [2.75, 3.05) is 28.6 Å². The molecule has 1 aliphatic heterocycles. The molecule has 1 saturated heterocycles. The molecule has 138 valence electrons. The van der Waals surface area contributed by atoms with Crippen molar-refractivity contribution in [3.8, 4) is 0 Å². The first-order valence-electron chi connectivity index (χ1n) is 9.00. The van der Waals surface area contributed by atoms with Crippen molar-refractivity contribution >= 4 is 28.9 Å². The van der Waals surface area contributed by atoms with Crippen molar-refractivity contribution in [3.05, 3.63) is 60.0 Å². The second-order valence-corrected chi connectivity index (χ2v) is 6.57. The minimum absolute atomic E-state index is 0.266. The van der Waals surface area contributed by atoms with Gasteiger partial charge in [-0.15, -0.1) is 0 Å². The normalized spacial score (nSPS) is 13.6. The number of hydrogen-bond acceptors (Lipinski definition) is 6. The van der Waals surface area contributed by atoms with E-state index >= 15 is 0 Å². The molecule has 2 aromatic heterocycles. The number of hydrogen-bond donors (Lipinski definition) is 2. The van der Waals surface area contributed by atoms with Crippen molar-refractivity contribution < 1.29 is 9.32 Å². The zero-order valence-corrected chi connectivity index (χ0v) is 15.1. The molecule has 1 fully saturated rings. The molecule has 1 aromatic carbocycles. The largest absolute Gasteiger partial charge is 0.372 e. The van der Waals surface area contributed by atoms with Crippen molar-refractivity contribution in [3.63, 3.8) is 0 Å². The van der Waals surface area contributed by atoms with Crippen LogP contribution >= 0.6 is 0 Å². The van der Waals surface area contributed by atoms with Crippen molar-refractivity contribution in [1.29, 1.82) is 0 Å². The van der Waals surface area contributed by atoms with Gasteiger partial charge in [0.25, 0.3) is 5.91 Å². The average Bonchev–Trinajstić information content (AvgIpc) is 3.35. The van der Waals surface area contributed by atoms with Crippen LogP contribution in [0.2, 0.25) is 0 Å². The lowest BCUT2D eigenvalue weighted by atomic mass is 10.2. The fraction of sp³-hybridized carbons (Fsp3) is 0.250. The lowest BCUT2D eigenvalue weighted by molar-refractivity contribution is 0.102. The molecule has 1 aliphatic rings. The van der Waals surface area contributed by atoms with Crippen molar-refractivity contribution in [2.45, 2.75) is 19.8 Å². The van der Waals surface area contributed by atoms with E-state index in [-0.39, 0.29) is 5.91 Å². The molecule has 0 saturated carbocycles. The number of carbonyl (C=O) groups is 1. The fourth-order valence-electron chi connectivity index (χ4n) is 3.13. The van der Waals surface area contributed by atoms with Gasteiger partial charge in [-0.3, -0.25) is 4.79 Å². The van der Waals surface area contributed by atoms with Crippen molar-refractivity contribution in [2.24, 2.45) is 0 Å². The number of nitrogens with one attached hydrogen (secondary N) is 2. The average molecular weight is 363 g/mol. The smallest absolute Gasteiger partial charge is 0.257 e. The fourth-order valence-corrected chi connectivity index (χ4v) is 3.13. The highest BCUT2D eigenvalue weighted by Crippen LogP contribution is 2.23. The molecule has 3 aromatic rings. The van der Waals surface area contributed by atoms with Crippen LogP contribution in [0.1, 0.15) is 29.0 Å². The number of nitrogens with zero attached hydrogens (tertiary/aromatic N) is 3. The molecule has 7 heteroatoms. The van der Waals surface area contributed by atoms with E-state index in [0.717, 1.165) is 18.8 Å². The number of aryl methyl sites for hydroxylation is 1. The molecule has 4 rings (SSSR count). The number of pyridine rings is 1. The van der Waals surface area contributed by atoms with E-state index in [4.69, 9.17) is 4.52 Å². The van der Waals surface area contributed by atoms with Crippen LogP contribution in [0, 0.1) is 6.92 Å². The first-order valence-corrected chi connectivity index (χ1v) is 9.00. The molecule has 0 spiro atoms. The molecule has 0 unspecified atom stereocenters. The summed E-state index contributed by atoms with van der Waals surface area (Å²) in [7, 11) is 0. The highest BCUT2D eigenvalue weighted by Gasteiger charge is 2.12. The summed E-state index contributed by atoms with van der Waals surface area (Å²) < 4.78 is 4.96. The summed E-state index contributed by atoms with van der Waals surface area (Å²) in [6.45, 7) is 4.01. The maximum absolute atomic E-state index is 12.4. The summed E-state index contributed by atoms with van der Waals surface area (Å²) in [5.74, 6) is 1.37. The number of amides is 1. The highest BCUT2D eigenvalue weighted by atomic mass is 16.5. The third kappa shape index (κ3) is 4.08. The van der Waals surface area contributed by atoms with Crippen LogP contribution in [0.5, 0.6) is 0 Å². The van der Waals surface area contributed by atoms with E-state index in [1.54, 1.807) is 31.3 Å². The monoisotopic (exact) mass is 363 g/mol. The lowest BCUT2D eigenvalue weighted by Crippen LogP contribution is -2.17. The second-order valence-electron chi connectivity index (χ2n) is 6.57. The van der Waals surface area contributed by atoms with E-state index in [9.17, 15) is 4.79 Å². The topological polar surface area (TPSA) is 83.3 Å². The summed E-state index contributed by atoms with van der Waals surface area (Å²) in [5.41, 5.74) is 2.65. The van der Waals surface area contributed by atoms with Crippen LogP contribution in [-0.4, -0.2) is 29.1 Å². The lowest BCUT2D eigenvalue weighted by Gasteiger charge is -2.18. The molecule has 27 heavy (non-hydrogen) atoms. The van der Waals surface area contributed by atoms with Crippen LogP contribution in [0.3, 0.4) is 0 Å². The summed E-state index contributed by atoms with van der Waals surface area (Å²) >= 11 is 0. The Hall–Kier alpha value is -3.35. The zero-order valence-electron chi connectivity index (χ0n) is 15.1. The van der Waals surface area contributed by atoms with Crippen LogP contribution in [0.25, 0.3) is 0 Å². The summed E-state index contributed by atoms with van der Waals surface area (Å²) in [4.78, 5) is 19.0. The predicted octanol–water partition coefficient (Wildman–Crippen LogP) is 3.97. The van der Waals surface area contributed by atoms with E-state index < -0.39 is 0 Å². The number of benzene rings is 1. The molecular weight excluding hydrogens is 342 g/mol. The van der Waals surface area contributed by atoms with Gasteiger partial charge in [-0.1, -0.05) is 5.16 Å². The SMILES string of the molecule is Cc1cc(NC(=O)c2ccnc(Nc3ccc(N4CCCC4)cc3)c2)no1. The summed E-state index contributed by atoms with van der Waals surface area (Å²) in [5, 5.41) is 9.72. The Kier molecular flexibility index (Phi) is 4.74. The van der Waals surface area contributed by atoms with Gasteiger partial charge in [0.2, 0.25) is 0 Å². The Labute approximate surface area is 157 Å². The second kappa shape index (κ2) is 7.49. The van der Waals surface area contributed by atoms with Crippen LogP contribution in [0.15, 0.2) is 53.2 Å². The van der Waals surface area contributed by atoms with E-state index in [0.29, 0.717) is 23.0 Å². The standard InChI is InChI=1S/C20H21N5O2/c1-14-12-19(24-27-14)23-20(26)15-8-9-21-18(13-15)22-16-4-6-17(7-5-16)25-10-2-3-11-25/h4-9,12-13H,2-3,10-11H2,1H3,(H,21,22)(H,23,24,26). The van der Waals surface area contributed by atoms with Gasteiger partial charge < -0.3 is 20.1 Å². The number of aromatic nitrogens is 2. The highest BCUT2D eigenvalue weighted by molar-refractivity contribution is 6.04. The van der Waals surface area contributed by atoms with Crippen molar-refractivity contribution in [1.82, 2.24) is 10.1 Å². The molecule has 3 heterocycles. The Balaban J connectivity index is 1.43. The molecule has 1 amide bonds. The van der Waals surface area contributed by atoms with Crippen LogP contribution in [-0.2, 0) is 0 Å². The molecular formula is C20H21N5O2. The Morgan fingerprint density at radius 3 is 2.56 bits per heavy atom. The minimum atomic E-state index is -0.266. The molecule has 7 nitrogen and oxygen atoms in total. The summed E-state index contributed by atoms with van der Waals surface area (Å²) in [6, 6.07) is 13.3. The molecule has 0 radical (unpaired) electrons. The first-order chi connectivity index (χ1) is 13.2. The Morgan fingerprint density at radius 2 is 1.85 bits per heavy atom. The Morgan fingerprint density at radius 1 is 1.07 bits per heavy atom. The first kappa shape index (κ1) is 17.1. The van der Waals surface area contributed by atoms with Gasteiger partial charge >= 0.3 is 0 Å². The van der Waals surface area contributed by atoms with E-state index in [1.165, 1.54) is 18.5 Å². The Bertz CT molecular complexity index is 930. The van der Waals surface area contributed by atoms with Gasteiger partial charge in [0, 0.05) is 42.3 Å². The van der Waals surface area contributed by atoms with Crippen LogP contribution < -0.4 is 15.5 Å². The van der Waals surface area contributed by atoms with Gasteiger partial charge in [0.1, 0.15) is 11.6 Å². The third-order valence-corrected chi connectivity index (χ3v) is 4.50. The van der Waals surface area contributed by atoms with E-state index in [2.05, 4.69) is 37.8 Å². The van der Waals surface area contributed by atoms with Gasteiger partial charge in [-0.05, 0) is 56.2 Å². The van der Waals surface area contributed by atoms with Gasteiger partial charge in [-0.25, -0.2) is 4.98 Å².